The highest BCUT2D eigenvalue weighted by molar-refractivity contribution is 7.99. The number of nitrogens with zero attached hydrogens (tertiary/aromatic N) is 2. The van der Waals surface area contributed by atoms with Crippen molar-refractivity contribution in [2.75, 3.05) is 17.7 Å². The maximum atomic E-state index is 11.9. The molecule has 1 rings (SSSR count). The van der Waals surface area contributed by atoms with Crippen LogP contribution in [0.4, 0.5) is 10.6 Å². The quantitative estimate of drug-likeness (QED) is 0.447. The van der Waals surface area contributed by atoms with E-state index in [0.29, 0.717) is 0 Å². The number of rotatable bonds is 6. The van der Waals surface area contributed by atoms with Gasteiger partial charge in [0.1, 0.15) is 11.2 Å². The summed E-state index contributed by atoms with van der Waals surface area (Å²) in [5.74, 6) is -2.12. The van der Waals surface area contributed by atoms with Gasteiger partial charge in [-0.3, -0.25) is 10.1 Å². The molecule has 9 nitrogen and oxygen atoms in total. The zero-order valence-corrected chi connectivity index (χ0v) is 14.6. The highest BCUT2D eigenvalue weighted by Crippen LogP contribution is 2.20. The third kappa shape index (κ3) is 6.82. The molecule has 0 saturated heterocycles. The van der Waals surface area contributed by atoms with Crippen molar-refractivity contribution in [1.29, 1.82) is 0 Å². The number of carbonyl (C=O) groups excluding carboxylic acids is 2. The highest BCUT2D eigenvalue weighted by Gasteiger charge is 2.22. The Morgan fingerprint density at radius 1 is 1.33 bits per heavy atom. The third-order valence-electron chi connectivity index (χ3n) is 2.21. The van der Waals surface area contributed by atoms with Gasteiger partial charge in [-0.25, -0.2) is 19.6 Å². The topological polar surface area (TPSA) is 128 Å². The molecule has 0 fully saturated rings. The molecule has 0 aliphatic carbocycles. The first-order chi connectivity index (χ1) is 11.1. The summed E-state index contributed by atoms with van der Waals surface area (Å²) in [6.45, 7) is 6.84. The molecule has 0 bridgehead atoms. The van der Waals surface area contributed by atoms with Crippen LogP contribution < -0.4 is 5.32 Å². The molecule has 1 aromatic rings. The van der Waals surface area contributed by atoms with Crippen LogP contribution in [0.2, 0.25) is 0 Å². The first kappa shape index (κ1) is 19.7. The van der Waals surface area contributed by atoms with Crippen LogP contribution in [0.3, 0.4) is 0 Å². The number of carboxylic acid groups (broad SMARTS) is 1. The van der Waals surface area contributed by atoms with Crippen LogP contribution in [-0.4, -0.2) is 51.1 Å². The largest absolute Gasteiger partial charge is 0.481 e. The maximum Gasteiger partial charge on any atom is 0.413 e. The van der Waals surface area contributed by atoms with E-state index in [1.165, 1.54) is 6.20 Å². The number of aromatic nitrogens is 2. The minimum Gasteiger partial charge on any atom is -0.481 e. The summed E-state index contributed by atoms with van der Waals surface area (Å²) in [7, 11) is 0. The molecule has 0 spiro atoms. The first-order valence-electron chi connectivity index (χ1n) is 7.01. The summed E-state index contributed by atoms with van der Waals surface area (Å²) < 4.78 is 9.99. The van der Waals surface area contributed by atoms with Crippen LogP contribution >= 0.6 is 11.8 Å². The fourth-order valence-electron chi connectivity index (χ4n) is 1.42. The monoisotopic (exact) mass is 357 g/mol. The number of nitrogens with one attached hydrogen (secondary N) is 1. The van der Waals surface area contributed by atoms with Crippen molar-refractivity contribution in [3.05, 3.63) is 11.8 Å². The average Bonchev–Trinajstić information content (AvgIpc) is 2.43. The lowest BCUT2D eigenvalue weighted by Gasteiger charge is -2.20. The van der Waals surface area contributed by atoms with Crippen LogP contribution in [0.15, 0.2) is 11.4 Å². The molecule has 10 heteroatoms. The Bertz CT molecular complexity index is 629. The molecule has 0 atom stereocenters. The molecule has 0 aromatic carbocycles. The van der Waals surface area contributed by atoms with E-state index in [9.17, 15) is 14.4 Å². The van der Waals surface area contributed by atoms with E-state index in [1.54, 1.807) is 27.7 Å². The van der Waals surface area contributed by atoms with Crippen molar-refractivity contribution in [2.45, 2.75) is 38.5 Å². The number of aliphatic carboxylic acids is 1. The van der Waals surface area contributed by atoms with Crippen LogP contribution in [0, 0.1) is 0 Å². The standard InChI is InChI=1S/C14H19N3O6S/c1-5-22-11(20)8-6-15-12(24-7-9(18)19)16-10(8)17-13(21)23-14(2,3)4/h6H,5,7H2,1-4H3,(H,18,19)(H,15,16,17,21). The molecule has 0 aliphatic rings. The van der Waals surface area contributed by atoms with Gasteiger partial charge < -0.3 is 14.6 Å². The van der Waals surface area contributed by atoms with E-state index in [2.05, 4.69) is 15.3 Å². The van der Waals surface area contributed by atoms with E-state index >= 15 is 0 Å². The number of anilines is 1. The van der Waals surface area contributed by atoms with E-state index in [-0.39, 0.29) is 28.9 Å². The van der Waals surface area contributed by atoms with Gasteiger partial charge in [-0.15, -0.1) is 0 Å². The fourth-order valence-corrected chi connectivity index (χ4v) is 1.95. The Morgan fingerprint density at radius 3 is 2.54 bits per heavy atom. The van der Waals surface area contributed by atoms with Crippen molar-refractivity contribution in [3.8, 4) is 0 Å². The van der Waals surface area contributed by atoms with Gasteiger partial charge in [-0.1, -0.05) is 11.8 Å². The average molecular weight is 357 g/mol. The Morgan fingerprint density at radius 2 is 2.00 bits per heavy atom. The van der Waals surface area contributed by atoms with Gasteiger partial charge in [0.05, 0.1) is 12.4 Å². The van der Waals surface area contributed by atoms with Gasteiger partial charge in [-0.05, 0) is 27.7 Å². The second-order valence-electron chi connectivity index (χ2n) is 5.44. The third-order valence-corrected chi connectivity index (χ3v) is 3.05. The van der Waals surface area contributed by atoms with Crippen molar-refractivity contribution in [1.82, 2.24) is 9.97 Å². The van der Waals surface area contributed by atoms with Gasteiger partial charge >= 0.3 is 18.0 Å². The number of carbonyl (C=O) groups is 3. The number of carboxylic acids is 1. The molecule has 0 unspecified atom stereocenters. The van der Waals surface area contributed by atoms with Gasteiger partial charge in [-0.2, -0.15) is 0 Å². The van der Waals surface area contributed by atoms with E-state index in [4.69, 9.17) is 14.6 Å². The SMILES string of the molecule is CCOC(=O)c1cnc(SCC(=O)O)nc1NC(=O)OC(C)(C)C. The van der Waals surface area contributed by atoms with Gasteiger partial charge in [0.2, 0.25) is 0 Å². The van der Waals surface area contributed by atoms with E-state index in [1.807, 2.05) is 0 Å². The number of ether oxygens (including phenoxy) is 2. The second-order valence-corrected chi connectivity index (χ2v) is 6.39. The lowest BCUT2D eigenvalue weighted by atomic mass is 10.2. The molecular formula is C14H19N3O6S. The Kier molecular flexibility index (Phi) is 6.96. The van der Waals surface area contributed by atoms with Crippen molar-refractivity contribution in [2.24, 2.45) is 0 Å². The van der Waals surface area contributed by atoms with E-state index < -0.39 is 23.6 Å². The molecule has 0 radical (unpaired) electrons. The lowest BCUT2D eigenvalue weighted by molar-refractivity contribution is -0.133. The van der Waals surface area contributed by atoms with Crippen molar-refractivity contribution >= 4 is 35.6 Å². The smallest absolute Gasteiger partial charge is 0.413 e. The van der Waals surface area contributed by atoms with Crippen molar-refractivity contribution < 1.29 is 29.0 Å². The van der Waals surface area contributed by atoms with Gasteiger partial charge in [0.25, 0.3) is 0 Å². The summed E-state index contributed by atoms with van der Waals surface area (Å²) in [5.41, 5.74) is -0.787. The molecule has 0 saturated carbocycles. The summed E-state index contributed by atoms with van der Waals surface area (Å²) in [5, 5.41) is 11.1. The summed E-state index contributed by atoms with van der Waals surface area (Å²) in [6, 6.07) is 0. The predicted octanol–water partition coefficient (Wildman–Crippen LogP) is 2.18. The Balaban J connectivity index is 3.04. The molecule has 132 valence electrons. The number of hydrogen-bond acceptors (Lipinski definition) is 8. The summed E-state index contributed by atoms with van der Waals surface area (Å²) in [6.07, 6.45) is 0.364. The molecular weight excluding hydrogens is 338 g/mol. The number of hydrogen-bond donors (Lipinski definition) is 2. The number of esters is 1. The summed E-state index contributed by atoms with van der Waals surface area (Å²) in [4.78, 5) is 42.3. The first-order valence-corrected chi connectivity index (χ1v) is 7.99. The molecule has 1 amide bonds. The van der Waals surface area contributed by atoms with Crippen LogP contribution in [0.25, 0.3) is 0 Å². The van der Waals surface area contributed by atoms with Crippen LogP contribution in [-0.2, 0) is 14.3 Å². The minimum atomic E-state index is -1.04. The van der Waals surface area contributed by atoms with Crippen molar-refractivity contribution in [3.63, 3.8) is 0 Å². The predicted molar refractivity (Wildman–Crippen MR) is 86.2 cm³/mol. The molecule has 1 heterocycles. The number of thioether (sulfide) groups is 1. The molecule has 1 aromatic heterocycles. The number of amides is 1. The molecule has 0 aliphatic heterocycles. The van der Waals surface area contributed by atoms with Gasteiger partial charge in [0.15, 0.2) is 11.0 Å². The van der Waals surface area contributed by atoms with E-state index in [0.717, 1.165) is 11.8 Å². The Hall–Kier alpha value is -2.36. The zero-order valence-electron chi connectivity index (χ0n) is 13.8. The van der Waals surface area contributed by atoms with Crippen LogP contribution in [0.1, 0.15) is 38.1 Å². The highest BCUT2D eigenvalue weighted by atomic mass is 32.2. The van der Waals surface area contributed by atoms with Crippen LogP contribution in [0.5, 0.6) is 0 Å². The lowest BCUT2D eigenvalue weighted by Crippen LogP contribution is -2.28. The second kappa shape index (κ2) is 8.48. The Labute approximate surface area is 143 Å². The fraction of sp³-hybridized carbons (Fsp3) is 0.500. The maximum absolute atomic E-state index is 11.9. The zero-order chi connectivity index (χ0) is 18.3. The van der Waals surface area contributed by atoms with Gasteiger partial charge in [0, 0.05) is 6.20 Å². The summed E-state index contributed by atoms with van der Waals surface area (Å²) >= 11 is 0.851. The minimum absolute atomic E-state index is 0.0533. The molecule has 2 N–H and O–H groups in total. The molecule has 24 heavy (non-hydrogen) atoms. The normalized spacial score (nSPS) is 10.8.